The zero-order chi connectivity index (χ0) is 9.94. The summed E-state index contributed by atoms with van der Waals surface area (Å²) in [7, 11) is 0. The number of unbranched alkanes of at least 4 members (excludes halogenated alkanes) is 2. The zero-order valence-corrected chi connectivity index (χ0v) is 10.8. The van der Waals surface area contributed by atoms with Crippen LogP contribution in [0.2, 0.25) is 0 Å². The van der Waals surface area contributed by atoms with Gasteiger partial charge in [0.1, 0.15) is 0 Å². The topological polar surface area (TPSA) is 0 Å². The van der Waals surface area contributed by atoms with Gasteiger partial charge in [-0.05, 0) is 25.7 Å². The van der Waals surface area contributed by atoms with Gasteiger partial charge >= 0.3 is 0 Å². The van der Waals surface area contributed by atoms with Crippen molar-refractivity contribution in [2.75, 3.05) is 0 Å². The third kappa shape index (κ3) is 10.1. The fraction of sp³-hybridized carbons (Fsp3) is 0.667. The van der Waals surface area contributed by atoms with Crippen LogP contribution in [0.5, 0.6) is 0 Å². The van der Waals surface area contributed by atoms with Crippen LogP contribution in [-0.2, 0) is 0 Å². The molecule has 0 rings (SSSR count). The van der Waals surface area contributed by atoms with E-state index in [1.54, 1.807) is 0 Å². The van der Waals surface area contributed by atoms with E-state index in [1.807, 2.05) is 12.2 Å². The van der Waals surface area contributed by atoms with Gasteiger partial charge in [-0.3, -0.25) is 0 Å². The van der Waals surface area contributed by atoms with Crippen molar-refractivity contribution in [2.45, 2.75) is 49.4 Å². The minimum absolute atomic E-state index is 0.894. The van der Waals surface area contributed by atoms with Crippen LogP contribution in [0, 0.1) is 0 Å². The zero-order valence-electron chi connectivity index (χ0n) is 8.64. The average Bonchev–Trinajstić information content (AvgIpc) is 2.11. The summed E-state index contributed by atoms with van der Waals surface area (Å²) in [6.07, 6.45) is 14.1. The van der Waals surface area contributed by atoms with Gasteiger partial charge in [0, 0.05) is 3.92 Å². The van der Waals surface area contributed by atoms with E-state index in [-0.39, 0.29) is 0 Å². The molecule has 0 amide bonds. The second-order valence-electron chi connectivity index (χ2n) is 3.33. The van der Waals surface area contributed by atoms with Crippen LogP contribution in [0.3, 0.4) is 0 Å². The average molecular weight is 292 g/mol. The molecule has 0 N–H and O–H groups in total. The maximum atomic E-state index is 3.64. The Morgan fingerprint density at radius 3 is 2.69 bits per heavy atom. The molecule has 0 bridgehead atoms. The van der Waals surface area contributed by atoms with Crippen molar-refractivity contribution in [3.8, 4) is 0 Å². The van der Waals surface area contributed by atoms with Crippen molar-refractivity contribution in [1.82, 2.24) is 0 Å². The van der Waals surface area contributed by atoms with Crippen LogP contribution in [0.25, 0.3) is 0 Å². The van der Waals surface area contributed by atoms with Gasteiger partial charge in [-0.2, -0.15) is 0 Å². The molecule has 0 heterocycles. The van der Waals surface area contributed by atoms with E-state index < -0.39 is 0 Å². The van der Waals surface area contributed by atoms with Gasteiger partial charge in [0.15, 0.2) is 0 Å². The van der Waals surface area contributed by atoms with Gasteiger partial charge < -0.3 is 0 Å². The standard InChI is InChI=1S/C12H21I/c1-3-5-6-7-8-9-11-12(13)10-4-2/h3,5-6,12H,1,4,7-11H2,2H3. The summed E-state index contributed by atoms with van der Waals surface area (Å²) in [6, 6.07) is 0. The quantitative estimate of drug-likeness (QED) is 0.258. The molecule has 0 radical (unpaired) electrons. The highest BCUT2D eigenvalue weighted by Gasteiger charge is 2.00. The van der Waals surface area contributed by atoms with Crippen molar-refractivity contribution in [3.63, 3.8) is 0 Å². The maximum Gasteiger partial charge on any atom is 0.0109 e. The fourth-order valence-electron chi connectivity index (χ4n) is 1.28. The number of allylic oxidation sites excluding steroid dienone is 3. The highest BCUT2D eigenvalue weighted by molar-refractivity contribution is 14.1. The summed E-state index contributed by atoms with van der Waals surface area (Å²) in [5.74, 6) is 0. The van der Waals surface area contributed by atoms with Gasteiger partial charge in [0.25, 0.3) is 0 Å². The largest absolute Gasteiger partial charge is 0.0991 e. The second kappa shape index (κ2) is 10.3. The lowest BCUT2D eigenvalue weighted by Crippen LogP contribution is -1.95. The summed E-state index contributed by atoms with van der Waals surface area (Å²) in [5, 5.41) is 0. The predicted octanol–water partition coefficient (Wildman–Crippen LogP) is 4.89. The molecular weight excluding hydrogens is 271 g/mol. The number of halogens is 1. The molecule has 0 aromatic rings. The Kier molecular flexibility index (Phi) is 10.5. The third-order valence-corrected chi connectivity index (χ3v) is 3.26. The van der Waals surface area contributed by atoms with E-state index in [2.05, 4.69) is 42.2 Å². The maximum absolute atomic E-state index is 3.64. The minimum atomic E-state index is 0.894. The first kappa shape index (κ1) is 13.2. The molecular formula is C12H21I. The van der Waals surface area contributed by atoms with E-state index in [9.17, 15) is 0 Å². The van der Waals surface area contributed by atoms with Crippen LogP contribution in [0.1, 0.15) is 45.4 Å². The fourth-order valence-corrected chi connectivity index (χ4v) is 2.34. The van der Waals surface area contributed by atoms with E-state index >= 15 is 0 Å². The lowest BCUT2D eigenvalue weighted by molar-refractivity contribution is 0.639. The SMILES string of the molecule is C=CC=CCCCCC(I)CCC. The molecule has 1 heteroatoms. The molecule has 13 heavy (non-hydrogen) atoms. The van der Waals surface area contributed by atoms with E-state index in [1.165, 1.54) is 38.5 Å². The summed E-state index contributed by atoms with van der Waals surface area (Å²) in [4.78, 5) is 0. The molecule has 0 aromatic carbocycles. The summed E-state index contributed by atoms with van der Waals surface area (Å²) in [5.41, 5.74) is 0. The number of rotatable bonds is 8. The molecule has 1 atom stereocenters. The van der Waals surface area contributed by atoms with E-state index in [0.717, 1.165) is 3.92 Å². The van der Waals surface area contributed by atoms with Crippen LogP contribution in [0.4, 0.5) is 0 Å². The molecule has 0 fully saturated rings. The van der Waals surface area contributed by atoms with Gasteiger partial charge in [-0.25, -0.2) is 0 Å². The molecule has 0 saturated heterocycles. The first-order chi connectivity index (χ1) is 6.31. The Labute approximate surface area is 96.6 Å². The van der Waals surface area contributed by atoms with Crippen LogP contribution >= 0.6 is 22.6 Å². The molecule has 0 aromatic heterocycles. The van der Waals surface area contributed by atoms with Crippen molar-refractivity contribution in [1.29, 1.82) is 0 Å². The van der Waals surface area contributed by atoms with Crippen molar-refractivity contribution in [2.24, 2.45) is 0 Å². The lowest BCUT2D eigenvalue weighted by atomic mass is 10.1. The Hall–Kier alpha value is 0.210. The van der Waals surface area contributed by atoms with Crippen LogP contribution < -0.4 is 0 Å². The molecule has 0 nitrogen and oxygen atoms in total. The third-order valence-electron chi connectivity index (χ3n) is 2.01. The minimum Gasteiger partial charge on any atom is -0.0991 e. The van der Waals surface area contributed by atoms with E-state index in [0.29, 0.717) is 0 Å². The number of hydrogen-bond donors (Lipinski definition) is 0. The molecule has 0 aliphatic heterocycles. The lowest BCUT2D eigenvalue weighted by Gasteiger charge is -2.06. The van der Waals surface area contributed by atoms with Gasteiger partial charge in [-0.15, -0.1) is 0 Å². The molecule has 0 saturated carbocycles. The molecule has 76 valence electrons. The first-order valence-electron chi connectivity index (χ1n) is 5.22. The number of hydrogen-bond acceptors (Lipinski definition) is 0. The highest BCUT2D eigenvalue weighted by atomic mass is 127. The van der Waals surface area contributed by atoms with Crippen LogP contribution in [0.15, 0.2) is 24.8 Å². The van der Waals surface area contributed by atoms with E-state index in [4.69, 9.17) is 0 Å². The second-order valence-corrected chi connectivity index (χ2v) is 5.10. The smallest absolute Gasteiger partial charge is 0.0109 e. The monoisotopic (exact) mass is 292 g/mol. The summed E-state index contributed by atoms with van der Waals surface area (Å²) >= 11 is 2.58. The predicted molar refractivity (Wildman–Crippen MR) is 70.5 cm³/mol. The molecule has 0 aliphatic rings. The van der Waals surface area contributed by atoms with Crippen molar-refractivity contribution in [3.05, 3.63) is 24.8 Å². The van der Waals surface area contributed by atoms with Crippen LogP contribution in [-0.4, -0.2) is 3.92 Å². The highest BCUT2D eigenvalue weighted by Crippen LogP contribution is 2.16. The molecule has 0 spiro atoms. The Morgan fingerprint density at radius 1 is 1.31 bits per heavy atom. The molecule has 0 aliphatic carbocycles. The Balaban J connectivity index is 3.15. The number of alkyl halides is 1. The summed E-state index contributed by atoms with van der Waals surface area (Å²) < 4.78 is 0.894. The Bertz CT molecular complexity index is 138. The normalized spacial score (nSPS) is 13.4. The van der Waals surface area contributed by atoms with Gasteiger partial charge in [0.2, 0.25) is 0 Å². The van der Waals surface area contributed by atoms with Crippen molar-refractivity contribution < 1.29 is 0 Å². The molecule has 1 unspecified atom stereocenters. The summed E-state index contributed by atoms with van der Waals surface area (Å²) in [6.45, 7) is 5.91. The Morgan fingerprint density at radius 2 is 2.08 bits per heavy atom. The van der Waals surface area contributed by atoms with Crippen molar-refractivity contribution >= 4 is 22.6 Å². The van der Waals surface area contributed by atoms with Gasteiger partial charge in [0.05, 0.1) is 0 Å². The first-order valence-corrected chi connectivity index (χ1v) is 6.47. The van der Waals surface area contributed by atoms with Gasteiger partial charge in [-0.1, -0.05) is 67.2 Å².